The number of rotatable bonds is 3. The summed E-state index contributed by atoms with van der Waals surface area (Å²) in [6, 6.07) is 0. The molecule has 0 aromatic carbocycles. The number of hydrogen-bond acceptors (Lipinski definition) is 4. The lowest BCUT2D eigenvalue weighted by molar-refractivity contribution is 0.0945. The Hall–Kier alpha value is -2.24. The molecule has 2 aromatic heterocycles. The zero-order valence-corrected chi connectivity index (χ0v) is 7.84. The molecule has 2 N–H and O–H groups in total. The molecule has 0 aliphatic carbocycles. The van der Waals surface area contributed by atoms with Gasteiger partial charge in [0, 0.05) is 30.7 Å². The van der Waals surface area contributed by atoms with Gasteiger partial charge in [0.15, 0.2) is 0 Å². The minimum Gasteiger partial charge on any atom is -0.346 e. The first-order valence-corrected chi connectivity index (χ1v) is 4.38. The van der Waals surface area contributed by atoms with Gasteiger partial charge in [0.1, 0.15) is 5.69 Å². The Morgan fingerprint density at radius 1 is 1.40 bits per heavy atom. The van der Waals surface area contributed by atoms with Crippen LogP contribution in [0.15, 0.2) is 31.0 Å². The largest absolute Gasteiger partial charge is 0.346 e. The quantitative estimate of drug-likeness (QED) is 0.742. The molecule has 0 unspecified atom stereocenters. The minimum atomic E-state index is -0.246. The summed E-state index contributed by atoms with van der Waals surface area (Å²) in [6.45, 7) is 0.423. The van der Waals surface area contributed by atoms with Crippen molar-refractivity contribution in [3.8, 4) is 0 Å². The molecular weight excluding hydrogens is 194 g/mol. The Kier molecular flexibility index (Phi) is 2.68. The molecule has 2 rings (SSSR count). The van der Waals surface area contributed by atoms with Crippen molar-refractivity contribution in [3.05, 3.63) is 42.2 Å². The molecular formula is C9H9N5O. The highest BCUT2D eigenvalue weighted by Gasteiger charge is 2.05. The zero-order chi connectivity index (χ0) is 10.5. The van der Waals surface area contributed by atoms with Gasteiger partial charge < -0.3 is 5.32 Å². The molecule has 0 bridgehead atoms. The maximum Gasteiger partial charge on any atom is 0.271 e. The summed E-state index contributed by atoms with van der Waals surface area (Å²) in [7, 11) is 0. The first kappa shape index (κ1) is 9.32. The van der Waals surface area contributed by atoms with Crippen molar-refractivity contribution < 1.29 is 4.79 Å². The maximum atomic E-state index is 11.5. The molecule has 2 heterocycles. The Labute approximate surface area is 85.8 Å². The normalized spacial score (nSPS) is 9.87. The minimum absolute atomic E-state index is 0.246. The van der Waals surface area contributed by atoms with Crippen molar-refractivity contribution in [2.75, 3.05) is 0 Å². The second kappa shape index (κ2) is 4.32. The Morgan fingerprint density at radius 2 is 2.33 bits per heavy atom. The first-order chi connectivity index (χ1) is 7.36. The molecule has 76 valence electrons. The Morgan fingerprint density at radius 3 is 3.00 bits per heavy atom. The van der Waals surface area contributed by atoms with E-state index in [1.807, 2.05) is 0 Å². The molecule has 15 heavy (non-hydrogen) atoms. The monoisotopic (exact) mass is 203 g/mol. The molecule has 0 aliphatic rings. The number of amides is 1. The summed E-state index contributed by atoms with van der Waals surface area (Å²) >= 11 is 0. The van der Waals surface area contributed by atoms with Crippen LogP contribution in [0, 0.1) is 0 Å². The number of hydrogen-bond donors (Lipinski definition) is 2. The van der Waals surface area contributed by atoms with Gasteiger partial charge in [-0.25, -0.2) is 4.98 Å². The zero-order valence-electron chi connectivity index (χ0n) is 7.84. The fourth-order valence-electron chi connectivity index (χ4n) is 1.06. The molecule has 1 amide bonds. The predicted octanol–water partition coefficient (Wildman–Crippen LogP) is 0.130. The number of carbonyl (C=O) groups excluding carboxylic acids is 1. The average molecular weight is 203 g/mol. The number of aromatic nitrogens is 4. The van der Waals surface area contributed by atoms with Crippen LogP contribution in [0.5, 0.6) is 0 Å². The fourth-order valence-corrected chi connectivity index (χ4v) is 1.06. The van der Waals surface area contributed by atoms with Gasteiger partial charge in [-0.2, -0.15) is 5.10 Å². The van der Waals surface area contributed by atoms with Crippen LogP contribution in [0.4, 0.5) is 0 Å². The molecule has 0 aliphatic heterocycles. The Balaban J connectivity index is 1.94. The van der Waals surface area contributed by atoms with Crippen LogP contribution in [0.25, 0.3) is 0 Å². The van der Waals surface area contributed by atoms with Gasteiger partial charge in [-0.05, 0) is 0 Å². The first-order valence-electron chi connectivity index (χ1n) is 4.38. The van der Waals surface area contributed by atoms with Crippen molar-refractivity contribution >= 4 is 5.91 Å². The fraction of sp³-hybridized carbons (Fsp3) is 0.111. The van der Waals surface area contributed by atoms with Crippen molar-refractivity contribution in [3.63, 3.8) is 0 Å². The van der Waals surface area contributed by atoms with E-state index in [9.17, 15) is 4.79 Å². The van der Waals surface area contributed by atoms with Crippen LogP contribution in [0.2, 0.25) is 0 Å². The highest BCUT2D eigenvalue weighted by molar-refractivity contribution is 5.91. The topological polar surface area (TPSA) is 83.6 Å². The lowest BCUT2D eigenvalue weighted by atomic mass is 10.3. The molecule has 0 spiro atoms. The van der Waals surface area contributed by atoms with E-state index in [1.165, 1.54) is 18.6 Å². The second-order valence-corrected chi connectivity index (χ2v) is 2.88. The van der Waals surface area contributed by atoms with Gasteiger partial charge >= 0.3 is 0 Å². The van der Waals surface area contributed by atoms with E-state index in [0.29, 0.717) is 12.2 Å². The van der Waals surface area contributed by atoms with E-state index in [4.69, 9.17) is 0 Å². The number of nitrogens with one attached hydrogen (secondary N) is 2. The molecule has 0 radical (unpaired) electrons. The van der Waals surface area contributed by atoms with E-state index in [1.54, 1.807) is 12.4 Å². The molecule has 0 saturated heterocycles. The summed E-state index contributed by atoms with van der Waals surface area (Å²) in [5, 5.41) is 9.13. The number of nitrogens with zero attached hydrogens (tertiary/aromatic N) is 3. The molecule has 0 saturated carbocycles. The van der Waals surface area contributed by atoms with Crippen LogP contribution >= 0.6 is 0 Å². The van der Waals surface area contributed by atoms with Crippen molar-refractivity contribution in [2.24, 2.45) is 0 Å². The summed E-state index contributed by atoms with van der Waals surface area (Å²) in [4.78, 5) is 19.2. The molecule has 2 aromatic rings. The van der Waals surface area contributed by atoms with Crippen LogP contribution < -0.4 is 5.32 Å². The molecule has 0 atom stereocenters. The third-order valence-corrected chi connectivity index (χ3v) is 1.80. The van der Waals surface area contributed by atoms with Crippen molar-refractivity contribution in [2.45, 2.75) is 6.54 Å². The smallest absolute Gasteiger partial charge is 0.271 e. The predicted molar refractivity (Wildman–Crippen MR) is 51.8 cm³/mol. The van der Waals surface area contributed by atoms with Gasteiger partial charge in [0.2, 0.25) is 0 Å². The van der Waals surface area contributed by atoms with Crippen LogP contribution in [0.1, 0.15) is 16.1 Å². The third kappa shape index (κ3) is 2.37. The van der Waals surface area contributed by atoms with E-state index in [0.717, 1.165) is 5.56 Å². The highest BCUT2D eigenvalue weighted by Crippen LogP contribution is 1.94. The molecule has 0 fully saturated rings. The maximum absolute atomic E-state index is 11.5. The molecule has 6 heteroatoms. The van der Waals surface area contributed by atoms with Gasteiger partial charge in [0.05, 0.1) is 12.4 Å². The van der Waals surface area contributed by atoms with E-state index >= 15 is 0 Å². The molecule has 6 nitrogen and oxygen atoms in total. The third-order valence-electron chi connectivity index (χ3n) is 1.80. The standard InChI is InChI=1S/C9H9N5O/c15-9(8-6-10-1-2-11-8)12-3-7-4-13-14-5-7/h1-2,4-6H,3H2,(H,12,15)(H,13,14). The summed E-state index contributed by atoms with van der Waals surface area (Å²) in [6.07, 6.45) is 7.79. The summed E-state index contributed by atoms with van der Waals surface area (Å²) < 4.78 is 0. The van der Waals surface area contributed by atoms with E-state index < -0.39 is 0 Å². The summed E-state index contributed by atoms with van der Waals surface area (Å²) in [5.41, 5.74) is 1.22. The SMILES string of the molecule is O=C(NCc1cn[nH]c1)c1cnccn1. The van der Waals surface area contributed by atoms with Crippen molar-refractivity contribution in [1.82, 2.24) is 25.5 Å². The van der Waals surface area contributed by atoms with Crippen LogP contribution in [0.3, 0.4) is 0 Å². The van der Waals surface area contributed by atoms with Gasteiger partial charge in [-0.1, -0.05) is 0 Å². The lowest BCUT2D eigenvalue weighted by Crippen LogP contribution is -2.23. The average Bonchev–Trinajstić information content (AvgIpc) is 2.80. The van der Waals surface area contributed by atoms with Crippen LogP contribution in [-0.4, -0.2) is 26.1 Å². The van der Waals surface area contributed by atoms with E-state index in [-0.39, 0.29) is 5.91 Å². The Bertz CT molecular complexity index is 425. The number of carbonyl (C=O) groups is 1. The number of H-pyrrole nitrogens is 1. The lowest BCUT2D eigenvalue weighted by Gasteiger charge is -2.01. The second-order valence-electron chi connectivity index (χ2n) is 2.88. The van der Waals surface area contributed by atoms with Gasteiger partial charge in [0.25, 0.3) is 5.91 Å². The van der Waals surface area contributed by atoms with Gasteiger partial charge in [-0.15, -0.1) is 0 Å². The van der Waals surface area contributed by atoms with E-state index in [2.05, 4.69) is 25.5 Å². The number of aromatic amines is 1. The van der Waals surface area contributed by atoms with Crippen molar-refractivity contribution in [1.29, 1.82) is 0 Å². The van der Waals surface area contributed by atoms with Gasteiger partial charge in [-0.3, -0.25) is 14.9 Å². The highest BCUT2D eigenvalue weighted by atomic mass is 16.1. The summed E-state index contributed by atoms with van der Waals surface area (Å²) in [5.74, 6) is -0.246. The van der Waals surface area contributed by atoms with Crippen LogP contribution in [-0.2, 0) is 6.54 Å².